The Balaban J connectivity index is 2.89. The number of rotatable bonds is 3. The molecule has 0 aliphatic heterocycles. The first-order valence-electron chi connectivity index (χ1n) is 4.72. The van der Waals surface area contributed by atoms with Crippen molar-refractivity contribution in [1.82, 2.24) is 0 Å². The van der Waals surface area contributed by atoms with Crippen molar-refractivity contribution in [3.8, 4) is 6.07 Å². The molecule has 0 heterocycles. The van der Waals surface area contributed by atoms with E-state index in [0.717, 1.165) is 16.7 Å². The molecule has 0 spiro atoms. The summed E-state index contributed by atoms with van der Waals surface area (Å²) in [6, 6.07) is 7.64. The van der Waals surface area contributed by atoms with Crippen LogP contribution in [0.3, 0.4) is 0 Å². The number of carboxylic acid groups (broad SMARTS) is 1. The molecular formula is C12H13NO2. The molecule has 15 heavy (non-hydrogen) atoms. The summed E-state index contributed by atoms with van der Waals surface area (Å²) in [4.78, 5) is 10.7. The first kappa shape index (κ1) is 11.3. The van der Waals surface area contributed by atoms with Crippen LogP contribution in [0.5, 0.6) is 0 Å². The van der Waals surface area contributed by atoms with E-state index in [1.807, 2.05) is 32.0 Å². The molecule has 0 amide bonds. The van der Waals surface area contributed by atoms with Gasteiger partial charge < -0.3 is 5.11 Å². The van der Waals surface area contributed by atoms with Crippen LogP contribution in [-0.4, -0.2) is 11.1 Å². The number of aliphatic carboxylic acids is 1. The third-order valence-electron chi connectivity index (χ3n) is 2.18. The monoisotopic (exact) mass is 203 g/mol. The Bertz CT molecular complexity index is 398. The van der Waals surface area contributed by atoms with E-state index >= 15 is 0 Å². The minimum Gasteiger partial charge on any atom is -0.480 e. The summed E-state index contributed by atoms with van der Waals surface area (Å²) in [6.45, 7) is 3.91. The lowest BCUT2D eigenvalue weighted by Crippen LogP contribution is -2.14. The van der Waals surface area contributed by atoms with Gasteiger partial charge in [0.1, 0.15) is 5.92 Å². The number of carbonyl (C=O) groups is 1. The minimum absolute atomic E-state index is 0.272. The standard InChI is InChI=1S/C12H13NO2/c1-8-3-9(2)5-10(4-8)6-11(7-13)12(14)15/h3-5,11H,6H2,1-2H3,(H,14,15)/t11-/m1/s1. The number of nitriles is 1. The average Bonchev–Trinajstić information content (AvgIpc) is 2.12. The number of benzene rings is 1. The second-order valence-electron chi connectivity index (χ2n) is 3.72. The Morgan fingerprint density at radius 3 is 2.33 bits per heavy atom. The van der Waals surface area contributed by atoms with Crippen LogP contribution in [0.2, 0.25) is 0 Å². The molecule has 0 saturated carbocycles. The van der Waals surface area contributed by atoms with Gasteiger partial charge in [-0.25, -0.2) is 0 Å². The summed E-state index contributed by atoms with van der Waals surface area (Å²) < 4.78 is 0. The highest BCUT2D eigenvalue weighted by molar-refractivity contribution is 5.73. The Hall–Kier alpha value is -1.82. The molecular weight excluding hydrogens is 190 g/mol. The van der Waals surface area contributed by atoms with Gasteiger partial charge in [-0.3, -0.25) is 4.79 Å². The van der Waals surface area contributed by atoms with Crippen LogP contribution in [-0.2, 0) is 11.2 Å². The lowest BCUT2D eigenvalue weighted by molar-refractivity contribution is -0.139. The van der Waals surface area contributed by atoms with Crippen LogP contribution in [0.4, 0.5) is 0 Å². The van der Waals surface area contributed by atoms with E-state index in [2.05, 4.69) is 0 Å². The third kappa shape index (κ3) is 3.10. The minimum atomic E-state index is -1.06. The van der Waals surface area contributed by atoms with E-state index in [-0.39, 0.29) is 6.42 Å². The smallest absolute Gasteiger partial charge is 0.321 e. The fraction of sp³-hybridized carbons (Fsp3) is 0.333. The fourth-order valence-corrected chi connectivity index (χ4v) is 1.61. The van der Waals surface area contributed by atoms with Crippen molar-refractivity contribution < 1.29 is 9.90 Å². The highest BCUT2D eigenvalue weighted by Crippen LogP contribution is 2.13. The molecule has 1 atom stereocenters. The van der Waals surface area contributed by atoms with Gasteiger partial charge in [-0.2, -0.15) is 5.26 Å². The molecule has 1 aromatic rings. The number of aryl methyl sites for hydroxylation is 2. The van der Waals surface area contributed by atoms with Crippen molar-refractivity contribution >= 4 is 5.97 Å². The van der Waals surface area contributed by atoms with E-state index in [4.69, 9.17) is 10.4 Å². The molecule has 1 rings (SSSR count). The van der Waals surface area contributed by atoms with Gasteiger partial charge in [0.15, 0.2) is 0 Å². The van der Waals surface area contributed by atoms with Gasteiger partial charge in [0.05, 0.1) is 6.07 Å². The van der Waals surface area contributed by atoms with Crippen molar-refractivity contribution in [1.29, 1.82) is 5.26 Å². The average molecular weight is 203 g/mol. The molecule has 0 bridgehead atoms. The molecule has 0 aromatic heterocycles. The quantitative estimate of drug-likeness (QED) is 0.818. The Morgan fingerprint density at radius 1 is 1.40 bits per heavy atom. The molecule has 0 aliphatic rings. The molecule has 1 aromatic carbocycles. The second-order valence-corrected chi connectivity index (χ2v) is 3.72. The lowest BCUT2D eigenvalue weighted by Gasteiger charge is -2.06. The molecule has 1 N–H and O–H groups in total. The van der Waals surface area contributed by atoms with Crippen molar-refractivity contribution in [2.45, 2.75) is 20.3 Å². The van der Waals surface area contributed by atoms with Crippen LogP contribution in [0, 0.1) is 31.1 Å². The van der Waals surface area contributed by atoms with Gasteiger partial charge in [-0.15, -0.1) is 0 Å². The lowest BCUT2D eigenvalue weighted by atomic mass is 9.98. The zero-order chi connectivity index (χ0) is 11.4. The highest BCUT2D eigenvalue weighted by atomic mass is 16.4. The van der Waals surface area contributed by atoms with Crippen LogP contribution < -0.4 is 0 Å². The molecule has 78 valence electrons. The van der Waals surface area contributed by atoms with Crippen molar-refractivity contribution in [3.63, 3.8) is 0 Å². The SMILES string of the molecule is Cc1cc(C)cc(C[C@H](C#N)C(=O)O)c1. The van der Waals surface area contributed by atoms with E-state index < -0.39 is 11.9 Å². The largest absolute Gasteiger partial charge is 0.480 e. The van der Waals surface area contributed by atoms with E-state index in [1.165, 1.54) is 0 Å². The first-order chi connectivity index (χ1) is 7.02. The summed E-state index contributed by atoms with van der Waals surface area (Å²) in [7, 11) is 0. The van der Waals surface area contributed by atoms with Gasteiger partial charge in [-0.1, -0.05) is 29.3 Å². The molecule has 0 radical (unpaired) electrons. The maximum absolute atomic E-state index is 10.7. The predicted octanol–water partition coefficient (Wildman–Crippen LogP) is 2.07. The molecule has 0 aliphatic carbocycles. The number of nitrogens with zero attached hydrogens (tertiary/aromatic N) is 1. The second kappa shape index (κ2) is 4.61. The number of carboxylic acids is 1. The molecule has 0 saturated heterocycles. The van der Waals surface area contributed by atoms with Crippen molar-refractivity contribution in [3.05, 3.63) is 34.9 Å². The summed E-state index contributed by atoms with van der Waals surface area (Å²) in [5.41, 5.74) is 3.08. The van der Waals surface area contributed by atoms with Gasteiger partial charge in [0.25, 0.3) is 0 Å². The van der Waals surface area contributed by atoms with Gasteiger partial charge >= 0.3 is 5.97 Å². The van der Waals surface area contributed by atoms with Crippen molar-refractivity contribution in [2.24, 2.45) is 5.92 Å². The topological polar surface area (TPSA) is 61.1 Å². The van der Waals surface area contributed by atoms with Gasteiger partial charge in [0, 0.05) is 0 Å². The highest BCUT2D eigenvalue weighted by Gasteiger charge is 2.16. The number of hydrogen-bond acceptors (Lipinski definition) is 2. The number of hydrogen-bond donors (Lipinski definition) is 1. The Labute approximate surface area is 89.0 Å². The van der Waals surface area contributed by atoms with Crippen LogP contribution in [0.15, 0.2) is 18.2 Å². The summed E-state index contributed by atoms with van der Waals surface area (Å²) in [5, 5.41) is 17.4. The summed E-state index contributed by atoms with van der Waals surface area (Å²) in [5.74, 6) is -2.01. The van der Waals surface area contributed by atoms with Crippen molar-refractivity contribution in [2.75, 3.05) is 0 Å². The molecule has 0 fully saturated rings. The van der Waals surface area contributed by atoms with E-state index in [9.17, 15) is 4.79 Å². The fourth-order valence-electron chi connectivity index (χ4n) is 1.61. The van der Waals surface area contributed by atoms with Gasteiger partial charge in [0.2, 0.25) is 0 Å². The molecule has 3 nitrogen and oxygen atoms in total. The molecule has 0 unspecified atom stereocenters. The van der Waals surface area contributed by atoms with E-state index in [0.29, 0.717) is 0 Å². The summed E-state index contributed by atoms with van der Waals surface area (Å²) in [6.07, 6.45) is 0.272. The van der Waals surface area contributed by atoms with Crippen LogP contribution in [0.1, 0.15) is 16.7 Å². The Morgan fingerprint density at radius 2 is 1.93 bits per heavy atom. The maximum Gasteiger partial charge on any atom is 0.321 e. The van der Waals surface area contributed by atoms with E-state index in [1.54, 1.807) is 6.07 Å². The normalized spacial score (nSPS) is 11.8. The zero-order valence-electron chi connectivity index (χ0n) is 8.82. The predicted molar refractivity (Wildman–Crippen MR) is 56.4 cm³/mol. The van der Waals surface area contributed by atoms with Crippen LogP contribution >= 0.6 is 0 Å². The first-order valence-corrected chi connectivity index (χ1v) is 4.72. The zero-order valence-corrected chi connectivity index (χ0v) is 8.82. The third-order valence-corrected chi connectivity index (χ3v) is 2.18. The molecule has 3 heteroatoms. The van der Waals surface area contributed by atoms with Gasteiger partial charge in [-0.05, 0) is 25.8 Å². The Kier molecular flexibility index (Phi) is 3.46. The maximum atomic E-state index is 10.7. The van der Waals surface area contributed by atoms with Crippen LogP contribution in [0.25, 0.3) is 0 Å². The summed E-state index contributed by atoms with van der Waals surface area (Å²) >= 11 is 0.